The topological polar surface area (TPSA) is 138 Å². The SMILES string of the molecule is CC(=O)NCc1ccc(S(=O)(=O)NCCNc2cc(Nc3ccccn3)nc(C)n2)s1. The summed E-state index contributed by atoms with van der Waals surface area (Å²) in [4.78, 5) is 24.6. The Morgan fingerprint density at radius 1 is 1.06 bits per heavy atom. The number of carbonyl (C=O) groups is 1. The third kappa shape index (κ3) is 6.98. The summed E-state index contributed by atoms with van der Waals surface area (Å²) in [5.74, 6) is 2.21. The van der Waals surface area contributed by atoms with Crippen LogP contribution in [0.25, 0.3) is 0 Å². The third-order valence-electron chi connectivity index (χ3n) is 3.90. The van der Waals surface area contributed by atoms with Crippen LogP contribution in [-0.4, -0.2) is 42.4 Å². The molecule has 10 nitrogen and oxygen atoms in total. The van der Waals surface area contributed by atoms with Crippen LogP contribution in [0.3, 0.4) is 0 Å². The first-order valence-corrected chi connectivity index (χ1v) is 11.7. The fourth-order valence-corrected chi connectivity index (χ4v) is 4.92. The van der Waals surface area contributed by atoms with Crippen LogP contribution in [0.1, 0.15) is 17.6 Å². The number of hydrogen-bond donors (Lipinski definition) is 4. The maximum Gasteiger partial charge on any atom is 0.250 e. The summed E-state index contributed by atoms with van der Waals surface area (Å²) in [5.41, 5.74) is 0. The number of pyridine rings is 1. The Bertz CT molecular complexity index is 1130. The molecule has 0 saturated carbocycles. The molecule has 0 aliphatic heterocycles. The van der Waals surface area contributed by atoms with Gasteiger partial charge in [0, 0.05) is 37.2 Å². The van der Waals surface area contributed by atoms with Gasteiger partial charge in [-0.15, -0.1) is 11.3 Å². The Morgan fingerprint density at radius 2 is 1.87 bits per heavy atom. The molecule has 0 bridgehead atoms. The van der Waals surface area contributed by atoms with E-state index in [-0.39, 0.29) is 16.7 Å². The van der Waals surface area contributed by atoms with Crippen LogP contribution in [0.4, 0.5) is 17.5 Å². The van der Waals surface area contributed by atoms with Gasteiger partial charge in [0.2, 0.25) is 15.9 Å². The van der Waals surface area contributed by atoms with Crippen LogP contribution < -0.4 is 20.7 Å². The fraction of sp³-hybridized carbons (Fsp3) is 0.263. The lowest BCUT2D eigenvalue weighted by Gasteiger charge is -2.10. The fourth-order valence-electron chi connectivity index (χ4n) is 2.55. The molecule has 3 aromatic rings. The number of thiophene rings is 1. The van der Waals surface area contributed by atoms with Gasteiger partial charge in [0.05, 0.1) is 6.54 Å². The number of carbonyl (C=O) groups excluding carboxylic acids is 1. The van der Waals surface area contributed by atoms with Crippen molar-refractivity contribution in [1.82, 2.24) is 25.0 Å². The Morgan fingerprint density at radius 3 is 2.61 bits per heavy atom. The highest BCUT2D eigenvalue weighted by molar-refractivity contribution is 7.91. The molecule has 0 radical (unpaired) electrons. The molecule has 4 N–H and O–H groups in total. The normalized spacial score (nSPS) is 11.2. The standard InChI is InChI=1S/C19H23N7O3S2/c1-13-24-17(11-18(25-13)26-16-5-3-4-8-20-16)21-9-10-23-31(28,29)19-7-6-15(30-19)12-22-14(2)27/h3-8,11,23H,9-10,12H2,1-2H3,(H,22,27)(H2,20,21,24,25,26). The lowest BCUT2D eigenvalue weighted by atomic mass is 10.4. The molecule has 31 heavy (non-hydrogen) atoms. The van der Waals surface area contributed by atoms with E-state index >= 15 is 0 Å². The third-order valence-corrected chi connectivity index (χ3v) is 6.93. The van der Waals surface area contributed by atoms with Crippen LogP contribution in [0.5, 0.6) is 0 Å². The van der Waals surface area contributed by atoms with Gasteiger partial charge in [-0.1, -0.05) is 6.07 Å². The second-order valence-electron chi connectivity index (χ2n) is 6.48. The Balaban J connectivity index is 1.52. The lowest BCUT2D eigenvalue weighted by molar-refractivity contribution is -0.119. The molecule has 0 atom stereocenters. The second kappa shape index (κ2) is 10.3. The lowest BCUT2D eigenvalue weighted by Crippen LogP contribution is -2.28. The highest BCUT2D eigenvalue weighted by Crippen LogP contribution is 2.21. The van der Waals surface area contributed by atoms with Crippen LogP contribution in [-0.2, 0) is 21.4 Å². The zero-order chi connectivity index (χ0) is 22.3. The second-order valence-corrected chi connectivity index (χ2v) is 9.64. The van der Waals surface area contributed by atoms with Crippen molar-refractivity contribution >= 4 is 44.7 Å². The van der Waals surface area contributed by atoms with E-state index in [1.165, 1.54) is 13.0 Å². The van der Waals surface area contributed by atoms with E-state index in [0.717, 1.165) is 16.2 Å². The molecular weight excluding hydrogens is 438 g/mol. The van der Waals surface area contributed by atoms with E-state index < -0.39 is 10.0 Å². The molecule has 3 rings (SSSR count). The Hall–Kier alpha value is -3.09. The summed E-state index contributed by atoms with van der Waals surface area (Å²) in [7, 11) is -3.63. The maximum absolute atomic E-state index is 12.4. The number of nitrogens with zero attached hydrogens (tertiary/aromatic N) is 3. The van der Waals surface area contributed by atoms with E-state index in [1.807, 2.05) is 18.2 Å². The number of anilines is 3. The number of aromatic nitrogens is 3. The molecule has 1 amide bonds. The van der Waals surface area contributed by atoms with E-state index in [9.17, 15) is 13.2 Å². The summed E-state index contributed by atoms with van der Waals surface area (Å²) >= 11 is 1.12. The average Bonchev–Trinajstić information content (AvgIpc) is 3.20. The molecule has 0 saturated heterocycles. The number of sulfonamides is 1. The van der Waals surface area contributed by atoms with Gasteiger partial charge in [-0.25, -0.2) is 28.1 Å². The van der Waals surface area contributed by atoms with Crippen molar-refractivity contribution in [2.24, 2.45) is 0 Å². The van der Waals surface area contributed by atoms with Crippen LogP contribution >= 0.6 is 11.3 Å². The number of nitrogens with one attached hydrogen (secondary N) is 4. The zero-order valence-electron chi connectivity index (χ0n) is 17.0. The molecular formula is C19H23N7O3S2. The van der Waals surface area contributed by atoms with Gasteiger partial charge >= 0.3 is 0 Å². The first kappa shape index (κ1) is 22.6. The maximum atomic E-state index is 12.4. The zero-order valence-corrected chi connectivity index (χ0v) is 18.7. The minimum Gasteiger partial charge on any atom is -0.369 e. The van der Waals surface area contributed by atoms with Crippen molar-refractivity contribution < 1.29 is 13.2 Å². The first-order chi connectivity index (χ1) is 14.8. The first-order valence-electron chi connectivity index (χ1n) is 9.42. The molecule has 0 aromatic carbocycles. The van der Waals surface area contributed by atoms with Crippen molar-refractivity contribution in [1.29, 1.82) is 0 Å². The predicted octanol–water partition coefficient (Wildman–Crippen LogP) is 2.01. The minimum absolute atomic E-state index is 0.166. The molecule has 0 aliphatic carbocycles. The summed E-state index contributed by atoms with van der Waals surface area (Å²) in [6.07, 6.45) is 1.68. The largest absolute Gasteiger partial charge is 0.369 e. The van der Waals surface area contributed by atoms with Gasteiger partial charge in [-0.3, -0.25) is 4.79 Å². The van der Waals surface area contributed by atoms with E-state index in [2.05, 4.69) is 35.6 Å². The minimum atomic E-state index is -3.63. The van der Waals surface area contributed by atoms with Crippen LogP contribution in [0, 0.1) is 6.92 Å². The molecule has 0 spiro atoms. The predicted molar refractivity (Wildman–Crippen MR) is 120 cm³/mol. The summed E-state index contributed by atoms with van der Waals surface area (Å²) in [6, 6.07) is 10.5. The number of amides is 1. The van der Waals surface area contributed by atoms with Crippen molar-refractivity contribution in [2.75, 3.05) is 23.7 Å². The van der Waals surface area contributed by atoms with Gasteiger partial charge in [0.15, 0.2) is 0 Å². The monoisotopic (exact) mass is 461 g/mol. The summed E-state index contributed by atoms with van der Waals surface area (Å²) in [5, 5.41) is 8.84. The molecule has 3 heterocycles. The van der Waals surface area contributed by atoms with E-state index in [4.69, 9.17) is 0 Å². The molecule has 0 fully saturated rings. The van der Waals surface area contributed by atoms with E-state index in [0.29, 0.717) is 36.4 Å². The molecule has 0 unspecified atom stereocenters. The number of rotatable bonds is 10. The van der Waals surface area contributed by atoms with Gasteiger partial charge in [-0.2, -0.15) is 0 Å². The molecule has 12 heteroatoms. The van der Waals surface area contributed by atoms with Crippen LogP contribution in [0.2, 0.25) is 0 Å². The molecule has 3 aromatic heterocycles. The van der Waals surface area contributed by atoms with E-state index in [1.54, 1.807) is 25.3 Å². The van der Waals surface area contributed by atoms with Crippen molar-refractivity contribution in [3.05, 3.63) is 53.3 Å². The molecule has 0 aliphatic rings. The summed E-state index contributed by atoms with van der Waals surface area (Å²) in [6.45, 7) is 4.00. The van der Waals surface area contributed by atoms with Crippen molar-refractivity contribution in [3.63, 3.8) is 0 Å². The van der Waals surface area contributed by atoms with Crippen molar-refractivity contribution in [3.8, 4) is 0 Å². The smallest absolute Gasteiger partial charge is 0.250 e. The highest BCUT2D eigenvalue weighted by Gasteiger charge is 2.16. The number of aryl methyl sites for hydroxylation is 1. The summed E-state index contributed by atoms with van der Waals surface area (Å²) < 4.78 is 27.7. The Labute approximate surface area is 184 Å². The van der Waals surface area contributed by atoms with Gasteiger partial charge in [-0.05, 0) is 31.2 Å². The van der Waals surface area contributed by atoms with Gasteiger partial charge < -0.3 is 16.0 Å². The number of hydrogen-bond acceptors (Lipinski definition) is 9. The van der Waals surface area contributed by atoms with Gasteiger partial charge in [0.25, 0.3) is 0 Å². The van der Waals surface area contributed by atoms with Crippen LogP contribution in [0.15, 0.2) is 46.8 Å². The Kier molecular flexibility index (Phi) is 7.50. The highest BCUT2D eigenvalue weighted by atomic mass is 32.2. The van der Waals surface area contributed by atoms with Gasteiger partial charge in [0.1, 0.15) is 27.5 Å². The quantitative estimate of drug-likeness (QED) is 0.336. The average molecular weight is 462 g/mol. The van der Waals surface area contributed by atoms with Crippen molar-refractivity contribution in [2.45, 2.75) is 24.6 Å². The molecule has 164 valence electrons.